The summed E-state index contributed by atoms with van der Waals surface area (Å²) in [6.45, 7) is 0.662. The summed E-state index contributed by atoms with van der Waals surface area (Å²) in [5.74, 6) is 0.219. The smallest absolute Gasteiger partial charge is 0.0688 e. The summed E-state index contributed by atoms with van der Waals surface area (Å²) in [7, 11) is 0. The highest BCUT2D eigenvalue weighted by atomic mass is 16.5. The Bertz CT molecular complexity index is 734. The van der Waals surface area contributed by atoms with E-state index in [9.17, 15) is 0 Å². The van der Waals surface area contributed by atoms with Gasteiger partial charge in [0, 0.05) is 23.5 Å². The Morgan fingerprint density at radius 1 is 0.958 bits per heavy atom. The summed E-state index contributed by atoms with van der Waals surface area (Å²) in [5, 5.41) is 3.96. The van der Waals surface area contributed by atoms with E-state index in [-0.39, 0.29) is 18.1 Å². The van der Waals surface area contributed by atoms with Crippen molar-refractivity contribution in [2.75, 3.05) is 6.61 Å². The third kappa shape index (κ3) is 2.79. The monoisotopic (exact) mass is 319 g/mol. The fourth-order valence-electron chi connectivity index (χ4n) is 4.19. The summed E-state index contributed by atoms with van der Waals surface area (Å²) in [5.41, 5.74) is 14.4. The Kier molecular flexibility index (Phi) is 4.24. The lowest BCUT2D eigenvalue weighted by atomic mass is 9.80. The van der Waals surface area contributed by atoms with Gasteiger partial charge in [-0.2, -0.15) is 0 Å². The molecule has 1 heterocycles. The zero-order chi connectivity index (χ0) is 16.4. The molecule has 2 aliphatic rings. The molecule has 2 atom stereocenters. The van der Waals surface area contributed by atoms with Crippen LogP contribution >= 0.6 is 0 Å². The lowest BCUT2D eigenvalue weighted by molar-refractivity contribution is -0.00143. The number of fused-ring (bicyclic) bond motifs is 2. The Hall–Kier alpha value is -2.29. The van der Waals surface area contributed by atoms with Gasteiger partial charge in [0.15, 0.2) is 0 Å². The molecule has 0 saturated carbocycles. The number of nitrogens with zero attached hydrogens (tertiary/aromatic N) is 3. The average Bonchev–Trinajstić information content (AvgIpc) is 2.79. The molecular weight excluding hydrogens is 298 g/mol. The van der Waals surface area contributed by atoms with Crippen LogP contribution < -0.4 is 0 Å². The van der Waals surface area contributed by atoms with Crippen molar-refractivity contribution in [3.05, 3.63) is 81.2 Å². The van der Waals surface area contributed by atoms with Gasteiger partial charge in [-0.3, -0.25) is 0 Å². The predicted molar refractivity (Wildman–Crippen MR) is 94.0 cm³/mol. The van der Waals surface area contributed by atoms with Crippen LogP contribution in [-0.2, 0) is 17.6 Å². The summed E-state index contributed by atoms with van der Waals surface area (Å²) >= 11 is 0. The summed E-state index contributed by atoms with van der Waals surface area (Å²) in [6.07, 6.45) is 3.80. The lowest BCUT2D eigenvalue weighted by Gasteiger charge is -2.34. The van der Waals surface area contributed by atoms with E-state index in [2.05, 4.69) is 58.6 Å². The highest BCUT2D eigenvalue weighted by Crippen LogP contribution is 2.40. The van der Waals surface area contributed by atoms with Crippen LogP contribution in [0, 0.1) is 0 Å². The normalized spacial score (nSPS) is 23.5. The number of rotatable bonds is 2. The molecule has 0 amide bonds. The number of hydrogen-bond donors (Lipinski definition) is 0. The molecule has 0 N–H and O–H groups in total. The van der Waals surface area contributed by atoms with Crippen molar-refractivity contribution >= 4 is 0 Å². The highest BCUT2D eigenvalue weighted by molar-refractivity contribution is 5.46. The van der Waals surface area contributed by atoms with E-state index in [4.69, 9.17) is 10.3 Å². The Labute approximate surface area is 142 Å². The van der Waals surface area contributed by atoms with Crippen molar-refractivity contribution in [1.82, 2.24) is 0 Å². The van der Waals surface area contributed by atoms with Crippen LogP contribution in [0.1, 0.15) is 41.0 Å². The quantitative estimate of drug-likeness (QED) is 0.446. The molecule has 1 aliphatic heterocycles. The van der Waals surface area contributed by atoms with E-state index < -0.39 is 0 Å². The SMILES string of the molecule is [N-]=[N+]=NC1CCOC(C2c3ccccc3CCc3ccccc32)C1. The summed E-state index contributed by atoms with van der Waals surface area (Å²) in [6, 6.07) is 17.5. The molecule has 0 spiro atoms. The summed E-state index contributed by atoms with van der Waals surface area (Å²) < 4.78 is 6.18. The minimum Gasteiger partial charge on any atom is -0.377 e. The standard InChI is InChI=1S/C20H21N3O/c21-23-22-16-11-12-24-19(13-16)20-17-7-3-1-5-14(17)9-10-15-6-2-4-8-18(15)20/h1-8,16,19-20H,9-13H2. The van der Waals surface area contributed by atoms with Crippen LogP contribution in [0.25, 0.3) is 10.4 Å². The summed E-state index contributed by atoms with van der Waals surface area (Å²) in [4.78, 5) is 3.02. The van der Waals surface area contributed by atoms with Gasteiger partial charge in [0.05, 0.1) is 6.10 Å². The fraction of sp³-hybridized carbons (Fsp3) is 0.400. The number of aryl methyl sites for hydroxylation is 2. The maximum Gasteiger partial charge on any atom is 0.0688 e. The van der Waals surface area contributed by atoms with E-state index in [0.717, 1.165) is 25.7 Å². The van der Waals surface area contributed by atoms with Gasteiger partial charge >= 0.3 is 0 Å². The molecule has 24 heavy (non-hydrogen) atoms. The average molecular weight is 319 g/mol. The molecule has 122 valence electrons. The van der Waals surface area contributed by atoms with Crippen molar-refractivity contribution in [2.24, 2.45) is 5.11 Å². The number of hydrogen-bond acceptors (Lipinski definition) is 2. The van der Waals surface area contributed by atoms with Crippen LogP contribution in [0.2, 0.25) is 0 Å². The van der Waals surface area contributed by atoms with E-state index in [1.165, 1.54) is 22.3 Å². The Balaban J connectivity index is 1.79. The predicted octanol–water partition coefficient (Wildman–Crippen LogP) is 4.78. The van der Waals surface area contributed by atoms with Crippen molar-refractivity contribution in [1.29, 1.82) is 0 Å². The van der Waals surface area contributed by atoms with Gasteiger partial charge in [-0.25, -0.2) is 0 Å². The first-order valence-corrected chi connectivity index (χ1v) is 8.68. The van der Waals surface area contributed by atoms with Crippen molar-refractivity contribution in [3.8, 4) is 0 Å². The number of benzene rings is 2. The topological polar surface area (TPSA) is 58.0 Å². The molecular formula is C20H21N3O. The second-order valence-corrected chi connectivity index (χ2v) is 6.67. The van der Waals surface area contributed by atoms with Crippen LogP contribution in [0.15, 0.2) is 53.6 Å². The first-order chi connectivity index (χ1) is 11.9. The van der Waals surface area contributed by atoms with Gasteiger partial charge in [0.25, 0.3) is 0 Å². The van der Waals surface area contributed by atoms with Gasteiger partial charge in [-0.15, -0.1) is 0 Å². The largest absolute Gasteiger partial charge is 0.377 e. The second kappa shape index (κ2) is 6.68. The van der Waals surface area contributed by atoms with Gasteiger partial charge < -0.3 is 4.74 Å². The number of ether oxygens (including phenoxy) is 1. The maximum absolute atomic E-state index is 8.79. The molecule has 4 nitrogen and oxygen atoms in total. The molecule has 1 saturated heterocycles. The Morgan fingerprint density at radius 2 is 1.58 bits per heavy atom. The fourth-order valence-corrected chi connectivity index (χ4v) is 4.19. The van der Waals surface area contributed by atoms with Gasteiger partial charge in [0.2, 0.25) is 0 Å². The first-order valence-electron chi connectivity index (χ1n) is 8.68. The first kappa shape index (κ1) is 15.3. The van der Waals surface area contributed by atoms with Crippen molar-refractivity contribution in [2.45, 2.75) is 43.7 Å². The molecule has 1 fully saturated rings. The number of azide groups is 1. The van der Waals surface area contributed by atoms with E-state index >= 15 is 0 Å². The van der Waals surface area contributed by atoms with Crippen molar-refractivity contribution in [3.63, 3.8) is 0 Å². The van der Waals surface area contributed by atoms with E-state index in [1.54, 1.807) is 0 Å². The molecule has 0 aromatic heterocycles. The molecule has 2 unspecified atom stereocenters. The third-order valence-electron chi connectivity index (χ3n) is 5.32. The molecule has 2 aromatic carbocycles. The molecule has 0 bridgehead atoms. The maximum atomic E-state index is 8.79. The van der Waals surface area contributed by atoms with Crippen LogP contribution in [0.3, 0.4) is 0 Å². The van der Waals surface area contributed by atoms with Gasteiger partial charge in [-0.1, -0.05) is 53.6 Å². The molecule has 2 aromatic rings. The second-order valence-electron chi connectivity index (χ2n) is 6.67. The Morgan fingerprint density at radius 3 is 2.21 bits per heavy atom. The van der Waals surface area contributed by atoms with E-state index in [1.807, 2.05) is 0 Å². The van der Waals surface area contributed by atoms with Gasteiger partial charge in [-0.05, 0) is 53.5 Å². The van der Waals surface area contributed by atoms with Crippen LogP contribution in [0.4, 0.5) is 0 Å². The highest BCUT2D eigenvalue weighted by Gasteiger charge is 2.34. The zero-order valence-electron chi connectivity index (χ0n) is 13.6. The lowest BCUT2D eigenvalue weighted by Crippen LogP contribution is -2.33. The zero-order valence-corrected chi connectivity index (χ0v) is 13.6. The minimum atomic E-state index is 0.0383. The third-order valence-corrected chi connectivity index (χ3v) is 5.32. The minimum absolute atomic E-state index is 0.0383. The van der Waals surface area contributed by atoms with Gasteiger partial charge in [0.1, 0.15) is 0 Å². The molecule has 1 aliphatic carbocycles. The molecule has 4 rings (SSSR count). The van der Waals surface area contributed by atoms with Crippen molar-refractivity contribution < 1.29 is 4.74 Å². The van der Waals surface area contributed by atoms with E-state index in [0.29, 0.717) is 6.61 Å². The molecule has 4 heteroatoms. The van der Waals surface area contributed by atoms with Crippen LogP contribution in [0.5, 0.6) is 0 Å². The molecule has 0 radical (unpaired) electrons. The van der Waals surface area contributed by atoms with Crippen LogP contribution in [-0.4, -0.2) is 18.8 Å².